The minimum Gasteiger partial charge on any atom is -0.398 e. The molecule has 1 amide bonds. The van der Waals surface area contributed by atoms with Gasteiger partial charge < -0.3 is 10.6 Å². The molecule has 0 heterocycles. The van der Waals surface area contributed by atoms with Crippen LogP contribution in [0, 0.1) is 13.8 Å². The maximum atomic E-state index is 11.6. The zero-order valence-corrected chi connectivity index (χ0v) is 9.09. The van der Waals surface area contributed by atoms with E-state index in [1.165, 1.54) is 0 Å². The lowest BCUT2D eigenvalue weighted by Gasteiger charge is -2.13. The fourth-order valence-electron chi connectivity index (χ4n) is 1.36. The van der Waals surface area contributed by atoms with Crippen molar-refractivity contribution >= 4 is 11.6 Å². The number of hydrogen-bond acceptors (Lipinski definition) is 2. The van der Waals surface area contributed by atoms with Gasteiger partial charge in [-0.2, -0.15) is 0 Å². The Morgan fingerprint density at radius 2 is 1.64 bits per heavy atom. The number of nitrogen functional groups attached to an aromatic ring is 1. The van der Waals surface area contributed by atoms with Crippen LogP contribution in [0.1, 0.15) is 21.5 Å². The van der Waals surface area contributed by atoms with E-state index >= 15 is 0 Å². The molecule has 1 aromatic rings. The van der Waals surface area contributed by atoms with E-state index in [0.717, 1.165) is 16.8 Å². The van der Waals surface area contributed by atoms with Gasteiger partial charge in [0, 0.05) is 25.3 Å². The largest absolute Gasteiger partial charge is 0.398 e. The Hall–Kier alpha value is -1.51. The normalized spacial score (nSPS) is 10.0. The van der Waals surface area contributed by atoms with E-state index in [-0.39, 0.29) is 5.91 Å². The van der Waals surface area contributed by atoms with Crippen LogP contribution in [-0.4, -0.2) is 24.9 Å². The van der Waals surface area contributed by atoms with Crippen molar-refractivity contribution in [1.29, 1.82) is 0 Å². The molecule has 0 aliphatic carbocycles. The van der Waals surface area contributed by atoms with Crippen molar-refractivity contribution in [2.24, 2.45) is 0 Å². The van der Waals surface area contributed by atoms with E-state index < -0.39 is 0 Å². The summed E-state index contributed by atoms with van der Waals surface area (Å²) < 4.78 is 0. The van der Waals surface area contributed by atoms with Gasteiger partial charge in [0.2, 0.25) is 0 Å². The molecule has 76 valence electrons. The highest BCUT2D eigenvalue weighted by Crippen LogP contribution is 2.19. The first-order valence-electron chi connectivity index (χ1n) is 4.52. The summed E-state index contributed by atoms with van der Waals surface area (Å²) in [4.78, 5) is 13.2. The molecule has 0 aliphatic heterocycles. The van der Waals surface area contributed by atoms with Crippen molar-refractivity contribution in [1.82, 2.24) is 4.90 Å². The third-order valence-corrected chi connectivity index (χ3v) is 2.25. The molecular weight excluding hydrogens is 176 g/mol. The first-order valence-corrected chi connectivity index (χ1v) is 4.52. The average molecular weight is 192 g/mol. The monoisotopic (exact) mass is 192 g/mol. The third-order valence-electron chi connectivity index (χ3n) is 2.25. The van der Waals surface area contributed by atoms with Gasteiger partial charge in [0.15, 0.2) is 0 Å². The summed E-state index contributed by atoms with van der Waals surface area (Å²) in [5.74, 6) is 0.0104. The smallest absolute Gasteiger partial charge is 0.253 e. The van der Waals surface area contributed by atoms with Crippen LogP contribution in [0.25, 0.3) is 0 Å². The van der Waals surface area contributed by atoms with E-state index in [9.17, 15) is 4.79 Å². The van der Waals surface area contributed by atoms with Crippen molar-refractivity contribution in [2.75, 3.05) is 19.8 Å². The maximum Gasteiger partial charge on any atom is 0.253 e. The molecule has 0 aromatic heterocycles. The summed E-state index contributed by atoms with van der Waals surface area (Å²) in [5.41, 5.74) is 9.17. The quantitative estimate of drug-likeness (QED) is 0.687. The minimum absolute atomic E-state index is 0.0104. The van der Waals surface area contributed by atoms with Crippen molar-refractivity contribution < 1.29 is 4.79 Å². The SMILES string of the molecule is Cc1cc(C(=O)N(C)C)cc(C)c1N. The predicted octanol–water partition coefficient (Wildman–Crippen LogP) is 1.59. The van der Waals surface area contributed by atoms with E-state index in [2.05, 4.69) is 0 Å². The Morgan fingerprint density at radius 1 is 1.21 bits per heavy atom. The number of nitrogens with two attached hydrogens (primary N) is 1. The third kappa shape index (κ3) is 1.87. The van der Waals surface area contributed by atoms with Crippen LogP contribution in [0.5, 0.6) is 0 Å². The van der Waals surface area contributed by atoms with Crippen LogP contribution < -0.4 is 5.73 Å². The number of aryl methyl sites for hydroxylation is 2. The molecule has 0 saturated heterocycles. The summed E-state index contributed by atoms with van der Waals surface area (Å²) in [6, 6.07) is 3.65. The van der Waals surface area contributed by atoms with E-state index in [0.29, 0.717) is 5.56 Å². The second kappa shape index (κ2) is 3.70. The molecule has 0 spiro atoms. The predicted molar refractivity (Wildman–Crippen MR) is 58.3 cm³/mol. The zero-order chi connectivity index (χ0) is 10.9. The first-order chi connectivity index (χ1) is 6.43. The summed E-state index contributed by atoms with van der Waals surface area (Å²) in [6.07, 6.45) is 0. The lowest BCUT2D eigenvalue weighted by Crippen LogP contribution is -2.22. The van der Waals surface area contributed by atoms with Crippen molar-refractivity contribution in [3.8, 4) is 0 Å². The molecule has 1 rings (SSSR count). The van der Waals surface area contributed by atoms with Gasteiger partial charge >= 0.3 is 0 Å². The standard InChI is InChI=1S/C11H16N2O/c1-7-5-9(11(14)13(3)4)6-8(2)10(7)12/h5-6H,12H2,1-4H3. The molecular formula is C11H16N2O. The Kier molecular flexibility index (Phi) is 2.79. The van der Waals surface area contributed by atoms with Gasteiger partial charge in [-0.25, -0.2) is 0 Å². The van der Waals surface area contributed by atoms with Crippen molar-refractivity contribution in [3.05, 3.63) is 28.8 Å². The first kappa shape index (κ1) is 10.6. The summed E-state index contributed by atoms with van der Waals surface area (Å²) in [7, 11) is 3.48. The second-order valence-corrected chi connectivity index (χ2v) is 3.72. The zero-order valence-electron chi connectivity index (χ0n) is 9.09. The van der Waals surface area contributed by atoms with Crippen LogP contribution in [0.15, 0.2) is 12.1 Å². The Morgan fingerprint density at radius 3 is 2.00 bits per heavy atom. The summed E-state index contributed by atoms with van der Waals surface area (Å²) >= 11 is 0. The van der Waals surface area contributed by atoms with Crippen LogP contribution in [0.4, 0.5) is 5.69 Å². The van der Waals surface area contributed by atoms with E-state index in [1.807, 2.05) is 26.0 Å². The van der Waals surface area contributed by atoms with Gasteiger partial charge in [-0.05, 0) is 37.1 Å². The van der Waals surface area contributed by atoms with Gasteiger partial charge in [-0.15, -0.1) is 0 Å². The fourth-order valence-corrected chi connectivity index (χ4v) is 1.36. The highest BCUT2D eigenvalue weighted by atomic mass is 16.2. The molecule has 0 aliphatic rings. The molecule has 0 atom stereocenters. The highest BCUT2D eigenvalue weighted by Gasteiger charge is 2.10. The summed E-state index contributed by atoms with van der Waals surface area (Å²) in [5, 5.41) is 0. The van der Waals surface area contributed by atoms with Gasteiger partial charge in [0.05, 0.1) is 0 Å². The molecule has 14 heavy (non-hydrogen) atoms. The van der Waals surface area contributed by atoms with Gasteiger partial charge in [0.25, 0.3) is 5.91 Å². The van der Waals surface area contributed by atoms with Gasteiger partial charge in [-0.1, -0.05) is 0 Å². The lowest BCUT2D eigenvalue weighted by atomic mass is 10.0. The molecule has 3 heteroatoms. The Bertz CT molecular complexity index is 347. The Balaban J connectivity index is 3.19. The number of carbonyl (C=O) groups is 1. The van der Waals surface area contributed by atoms with Gasteiger partial charge in [-0.3, -0.25) is 4.79 Å². The fraction of sp³-hybridized carbons (Fsp3) is 0.364. The number of rotatable bonds is 1. The van der Waals surface area contributed by atoms with Gasteiger partial charge in [0.1, 0.15) is 0 Å². The van der Waals surface area contributed by atoms with Crippen molar-refractivity contribution in [2.45, 2.75) is 13.8 Å². The van der Waals surface area contributed by atoms with Crippen LogP contribution in [-0.2, 0) is 0 Å². The molecule has 0 unspecified atom stereocenters. The van der Waals surface area contributed by atoms with Crippen LogP contribution in [0.2, 0.25) is 0 Å². The minimum atomic E-state index is 0.0104. The molecule has 0 saturated carbocycles. The highest BCUT2D eigenvalue weighted by molar-refractivity contribution is 5.94. The molecule has 2 N–H and O–H groups in total. The summed E-state index contributed by atoms with van der Waals surface area (Å²) in [6.45, 7) is 3.82. The maximum absolute atomic E-state index is 11.6. The van der Waals surface area contributed by atoms with Crippen LogP contribution >= 0.6 is 0 Å². The van der Waals surface area contributed by atoms with E-state index in [4.69, 9.17) is 5.73 Å². The van der Waals surface area contributed by atoms with Crippen LogP contribution in [0.3, 0.4) is 0 Å². The number of amides is 1. The second-order valence-electron chi connectivity index (χ2n) is 3.72. The Labute approximate surface area is 84.5 Å². The number of anilines is 1. The molecule has 0 fully saturated rings. The molecule has 1 aromatic carbocycles. The molecule has 0 bridgehead atoms. The number of benzene rings is 1. The van der Waals surface area contributed by atoms with E-state index in [1.54, 1.807) is 19.0 Å². The topological polar surface area (TPSA) is 46.3 Å². The number of carbonyl (C=O) groups excluding carboxylic acids is 1. The van der Waals surface area contributed by atoms with Crippen molar-refractivity contribution in [3.63, 3.8) is 0 Å². The lowest BCUT2D eigenvalue weighted by molar-refractivity contribution is 0.0827. The number of hydrogen-bond donors (Lipinski definition) is 1. The molecule has 3 nitrogen and oxygen atoms in total. The molecule has 0 radical (unpaired) electrons. The number of nitrogens with zero attached hydrogens (tertiary/aromatic N) is 1. The average Bonchev–Trinajstić information content (AvgIpc) is 2.12.